The molecule has 15 heavy (non-hydrogen) atoms. The molecule has 0 unspecified atom stereocenters. The normalized spacial score (nSPS) is 12.0. The van der Waals surface area contributed by atoms with Crippen LogP contribution < -0.4 is 5.46 Å². The fourth-order valence-corrected chi connectivity index (χ4v) is 1.43. The first-order valence-corrected chi connectivity index (χ1v) is 4.21. The molecule has 78 valence electrons. The third kappa shape index (κ3) is 1.79. The minimum absolute atomic E-state index is 0.0149. The Kier molecular flexibility index (Phi) is 2.14. The third-order valence-corrected chi connectivity index (χ3v) is 2.10. The van der Waals surface area contributed by atoms with Crippen molar-refractivity contribution in [3.05, 3.63) is 36.4 Å². The lowest BCUT2D eigenvalue weighted by molar-refractivity contribution is 0.501. The van der Waals surface area contributed by atoms with Gasteiger partial charge in [-0.15, -0.1) is 0 Å². The van der Waals surface area contributed by atoms with Gasteiger partial charge in [0.25, 0.3) is 0 Å². The Morgan fingerprint density at radius 1 is 1.07 bits per heavy atom. The highest BCUT2D eigenvalue weighted by Crippen LogP contribution is 2.18. The standard InChI is InChI=1S/C9H5BF4N/c11-7-1-2-8-6(3-7)4-15-5-9(8)10(12,13)14/h1-5H/q-1. The van der Waals surface area contributed by atoms with Gasteiger partial charge < -0.3 is 12.9 Å². The van der Waals surface area contributed by atoms with E-state index < -0.39 is 18.3 Å². The van der Waals surface area contributed by atoms with E-state index in [1.807, 2.05) is 0 Å². The lowest BCUT2D eigenvalue weighted by atomic mass is 9.78. The zero-order valence-electron chi connectivity index (χ0n) is 7.42. The second kappa shape index (κ2) is 3.22. The van der Waals surface area contributed by atoms with E-state index in [-0.39, 0.29) is 10.8 Å². The van der Waals surface area contributed by atoms with E-state index in [1.165, 1.54) is 6.20 Å². The van der Waals surface area contributed by atoms with Gasteiger partial charge in [0.1, 0.15) is 5.82 Å². The van der Waals surface area contributed by atoms with Gasteiger partial charge >= 0.3 is 6.98 Å². The second-order valence-electron chi connectivity index (χ2n) is 3.17. The zero-order valence-corrected chi connectivity index (χ0v) is 7.42. The fourth-order valence-electron chi connectivity index (χ4n) is 1.43. The van der Waals surface area contributed by atoms with E-state index >= 15 is 0 Å². The highest BCUT2D eigenvalue weighted by atomic mass is 19.4. The van der Waals surface area contributed by atoms with Crippen LogP contribution in [0.25, 0.3) is 10.8 Å². The third-order valence-electron chi connectivity index (χ3n) is 2.10. The van der Waals surface area contributed by atoms with Gasteiger partial charge in [-0.25, -0.2) is 4.39 Å². The summed E-state index contributed by atoms with van der Waals surface area (Å²) < 4.78 is 50.4. The van der Waals surface area contributed by atoms with Crippen molar-refractivity contribution in [1.29, 1.82) is 0 Å². The summed E-state index contributed by atoms with van der Waals surface area (Å²) >= 11 is 0. The maximum absolute atomic E-state index is 12.8. The predicted octanol–water partition coefficient (Wildman–Crippen LogP) is 2.43. The van der Waals surface area contributed by atoms with E-state index in [1.54, 1.807) is 0 Å². The van der Waals surface area contributed by atoms with Gasteiger partial charge in [0, 0.05) is 17.8 Å². The Balaban J connectivity index is 2.77. The molecule has 0 atom stereocenters. The molecule has 1 heterocycles. The Bertz CT molecular complexity index is 509. The molecule has 0 N–H and O–H groups in total. The molecule has 1 nitrogen and oxygen atoms in total. The molecule has 0 aliphatic heterocycles. The topological polar surface area (TPSA) is 12.9 Å². The molecule has 0 amide bonds. The van der Waals surface area contributed by atoms with Crippen molar-refractivity contribution in [3.8, 4) is 0 Å². The molecule has 6 heteroatoms. The van der Waals surface area contributed by atoms with Crippen LogP contribution >= 0.6 is 0 Å². The molecule has 0 saturated carbocycles. The maximum atomic E-state index is 12.8. The van der Waals surface area contributed by atoms with Crippen molar-refractivity contribution in [2.24, 2.45) is 0 Å². The average molecular weight is 214 g/mol. The molecule has 2 aromatic rings. The molecule has 0 bridgehead atoms. The van der Waals surface area contributed by atoms with Crippen LogP contribution in [0.1, 0.15) is 0 Å². The Hall–Kier alpha value is -1.59. The molecule has 0 radical (unpaired) electrons. The van der Waals surface area contributed by atoms with E-state index in [0.717, 1.165) is 24.4 Å². The van der Waals surface area contributed by atoms with Crippen molar-refractivity contribution < 1.29 is 17.3 Å². The van der Waals surface area contributed by atoms with Gasteiger partial charge in [-0.05, 0) is 17.5 Å². The van der Waals surface area contributed by atoms with Crippen LogP contribution in [0.15, 0.2) is 30.6 Å². The summed E-state index contributed by atoms with van der Waals surface area (Å²) in [5.41, 5.74) is -0.785. The molecule has 0 spiro atoms. The number of halogens is 4. The fraction of sp³-hybridized carbons (Fsp3) is 0. The van der Waals surface area contributed by atoms with Gasteiger partial charge in [0.15, 0.2) is 0 Å². The highest BCUT2D eigenvalue weighted by Gasteiger charge is 2.27. The lowest BCUT2D eigenvalue weighted by Crippen LogP contribution is -2.34. The molecule has 2 rings (SSSR count). The molecule has 0 saturated heterocycles. The van der Waals surface area contributed by atoms with Gasteiger partial charge in [0.2, 0.25) is 0 Å². The molecule has 1 aromatic heterocycles. The first kappa shape index (κ1) is 9.95. The molecule has 0 aliphatic carbocycles. The van der Waals surface area contributed by atoms with Crippen molar-refractivity contribution in [3.63, 3.8) is 0 Å². The summed E-state index contributed by atoms with van der Waals surface area (Å²) in [5, 5.41) is 0.144. The van der Waals surface area contributed by atoms with Crippen molar-refractivity contribution >= 4 is 23.2 Å². The summed E-state index contributed by atoms with van der Waals surface area (Å²) in [6.07, 6.45) is 1.98. The molecule has 0 fully saturated rings. The van der Waals surface area contributed by atoms with Gasteiger partial charge in [0.05, 0.1) is 0 Å². The van der Waals surface area contributed by atoms with Crippen LogP contribution in [0.4, 0.5) is 17.3 Å². The average Bonchev–Trinajstić information content (AvgIpc) is 2.15. The quantitative estimate of drug-likeness (QED) is 0.524. The summed E-state index contributed by atoms with van der Waals surface area (Å²) in [7, 11) is 0. The van der Waals surface area contributed by atoms with Crippen molar-refractivity contribution in [1.82, 2.24) is 4.98 Å². The molecular formula is C9H5BF4N-. The van der Waals surface area contributed by atoms with Gasteiger partial charge in [-0.2, -0.15) is 0 Å². The number of pyridine rings is 1. The summed E-state index contributed by atoms with van der Waals surface area (Å²) in [4.78, 5) is 3.45. The SMILES string of the molecule is Fc1ccc2c([B-](F)(F)F)cncc2c1. The minimum atomic E-state index is -5.11. The van der Waals surface area contributed by atoms with E-state index in [0.29, 0.717) is 0 Å². The Morgan fingerprint density at radius 2 is 1.80 bits per heavy atom. The zero-order chi connectivity index (χ0) is 11.1. The number of hydrogen-bond acceptors (Lipinski definition) is 1. The van der Waals surface area contributed by atoms with Crippen LogP contribution in [0.2, 0.25) is 0 Å². The van der Waals surface area contributed by atoms with Crippen LogP contribution in [0.5, 0.6) is 0 Å². The smallest absolute Gasteiger partial charge is 0.445 e. The Labute approximate surface area is 82.8 Å². The van der Waals surface area contributed by atoms with Crippen LogP contribution in [0, 0.1) is 5.82 Å². The number of fused-ring (bicyclic) bond motifs is 1. The Morgan fingerprint density at radius 3 is 2.47 bits per heavy atom. The molecule has 0 aliphatic rings. The van der Waals surface area contributed by atoms with Gasteiger partial charge in [-0.1, -0.05) is 11.5 Å². The maximum Gasteiger partial charge on any atom is 0.511 e. The second-order valence-corrected chi connectivity index (χ2v) is 3.17. The first-order valence-electron chi connectivity index (χ1n) is 4.21. The molecule has 1 aromatic carbocycles. The van der Waals surface area contributed by atoms with E-state index in [9.17, 15) is 17.3 Å². The summed E-state index contributed by atoms with van der Waals surface area (Å²) in [6, 6.07) is 3.16. The number of rotatable bonds is 1. The van der Waals surface area contributed by atoms with Crippen LogP contribution in [-0.4, -0.2) is 12.0 Å². The number of benzene rings is 1. The summed E-state index contributed by atoms with van der Waals surface area (Å²) in [5.74, 6) is -0.573. The lowest BCUT2D eigenvalue weighted by Gasteiger charge is -2.16. The number of hydrogen-bond donors (Lipinski definition) is 0. The van der Waals surface area contributed by atoms with Crippen LogP contribution in [0.3, 0.4) is 0 Å². The van der Waals surface area contributed by atoms with E-state index in [4.69, 9.17) is 0 Å². The predicted molar refractivity (Wildman–Crippen MR) is 50.4 cm³/mol. The van der Waals surface area contributed by atoms with E-state index in [2.05, 4.69) is 4.98 Å². The van der Waals surface area contributed by atoms with Gasteiger partial charge in [-0.3, -0.25) is 4.98 Å². The van der Waals surface area contributed by atoms with Crippen LogP contribution in [-0.2, 0) is 0 Å². The largest absolute Gasteiger partial charge is 0.511 e. The van der Waals surface area contributed by atoms with Crippen molar-refractivity contribution in [2.75, 3.05) is 0 Å². The number of aromatic nitrogens is 1. The monoisotopic (exact) mass is 214 g/mol. The number of nitrogens with zero attached hydrogens (tertiary/aromatic N) is 1. The highest BCUT2D eigenvalue weighted by molar-refractivity contribution is 6.75. The first-order chi connectivity index (χ1) is 6.98. The summed E-state index contributed by atoms with van der Waals surface area (Å²) in [6.45, 7) is -5.11. The molecular weight excluding hydrogens is 209 g/mol. The minimum Gasteiger partial charge on any atom is -0.445 e. The van der Waals surface area contributed by atoms with Crippen molar-refractivity contribution in [2.45, 2.75) is 0 Å².